The van der Waals surface area contributed by atoms with E-state index in [1.807, 2.05) is 27.7 Å². The molecule has 118 valence electrons. The fourth-order valence-electron chi connectivity index (χ4n) is 1.73. The zero-order chi connectivity index (χ0) is 16.3. The molecule has 0 fully saturated rings. The van der Waals surface area contributed by atoms with Crippen LogP contribution in [0.1, 0.15) is 41.6 Å². The molecule has 1 amide bonds. The fourth-order valence-corrected chi connectivity index (χ4v) is 1.94. The highest BCUT2D eigenvalue weighted by Crippen LogP contribution is 2.23. The summed E-state index contributed by atoms with van der Waals surface area (Å²) in [4.78, 5) is 20.3. The van der Waals surface area contributed by atoms with Crippen LogP contribution in [0, 0.1) is 13.8 Å². The smallest absolute Gasteiger partial charge is 0.253 e. The van der Waals surface area contributed by atoms with Gasteiger partial charge in [-0.3, -0.25) is 4.79 Å². The largest absolute Gasteiger partial charge is 0.474 e. The van der Waals surface area contributed by atoms with Crippen molar-refractivity contribution in [2.45, 2.75) is 40.3 Å². The van der Waals surface area contributed by atoms with Gasteiger partial charge in [0.2, 0.25) is 11.8 Å². The summed E-state index contributed by atoms with van der Waals surface area (Å²) in [6.07, 6.45) is 1.38. The first kappa shape index (κ1) is 16.3. The molecule has 0 spiro atoms. The number of aromatic nitrogens is 2. The monoisotopic (exact) mass is 323 g/mol. The van der Waals surface area contributed by atoms with Crippen LogP contribution in [0.5, 0.6) is 5.88 Å². The van der Waals surface area contributed by atoms with Gasteiger partial charge in [-0.15, -0.1) is 0 Å². The van der Waals surface area contributed by atoms with Crippen LogP contribution in [0.2, 0.25) is 5.02 Å². The van der Waals surface area contributed by atoms with Crippen molar-refractivity contribution in [2.24, 2.45) is 0 Å². The molecule has 0 unspecified atom stereocenters. The Hall–Kier alpha value is -2.08. The van der Waals surface area contributed by atoms with Gasteiger partial charge in [0.1, 0.15) is 10.8 Å². The minimum atomic E-state index is -0.306. The third kappa shape index (κ3) is 3.98. The van der Waals surface area contributed by atoms with Crippen molar-refractivity contribution >= 4 is 17.5 Å². The zero-order valence-electron chi connectivity index (χ0n) is 12.9. The van der Waals surface area contributed by atoms with Crippen LogP contribution in [0.4, 0.5) is 0 Å². The van der Waals surface area contributed by atoms with Gasteiger partial charge in [0.25, 0.3) is 5.91 Å². The number of carbonyl (C=O) groups excluding carboxylic acids is 1. The lowest BCUT2D eigenvalue weighted by Crippen LogP contribution is -2.23. The summed E-state index contributed by atoms with van der Waals surface area (Å²) >= 11 is 6.06. The highest BCUT2D eigenvalue weighted by atomic mass is 35.5. The van der Waals surface area contributed by atoms with Gasteiger partial charge >= 0.3 is 0 Å². The molecule has 2 rings (SSSR count). The molecule has 0 radical (unpaired) electrons. The molecule has 2 heterocycles. The number of amides is 1. The summed E-state index contributed by atoms with van der Waals surface area (Å²) in [6, 6.07) is 1.52. The van der Waals surface area contributed by atoms with Crippen LogP contribution in [-0.4, -0.2) is 22.0 Å². The number of ether oxygens (including phenoxy) is 1. The van der Waals surface area contributed by atoms with Crippen LogP contribution in [0.15, 0.2) is 16.7 Å². The number of pyridine rings is 1. The predicted molar refractivity (Wildman–Crippen MR) is 82.2 cm³/mol. The van der Waals surface area contributed by atoms with Gasteiger partial charge in [0, 0.05) is 6.20 Å². The number of halogens is 1. The summed E-state index contributed by atoms with van der Waals surface area (Å²) in [5.74, 6) is 1.21. The Bertz CT molecular complexity index is 663. The molecule has 1 N–H and O–H groups in total. The average Bonchev–Trinajstić information content (AvgIpc) is 2.77. The normalized spacial score (nSPS) is 10.8. The molecular weight excluding hydrogens is 306 g/mol. The first-order valence-electron chi connectivity index (χ1n) is 6.90. The molecule has 0 aliphatic carbocycles. The van der Waals surface area contributed by atoms with Gasteiger partial charge < -0.3 is 14.5 Å². The lowest BCUT2D eigenvalue weighted by molar-refractivity contribution is 0.0946. The third-order valence-corrected chi connectivity index (χ3v) is 3.16. The van der Waals surface area contributed by atoms with Crippen LogP contribution in [-0.2, 0) is 6.54 Å². The predicted octanol–water partition coefficient (Wildman–Crippen LogP) is 3.06. The molecule has 0 saturated heterocycles. The average molecular weight is 324 g/mol. The highest BCUT2D eigenvalue weighted by Gasteiger charge is 2.13. The summed E-state index contributed by atoms with van der Waals surface area (Å²) in [6.45, 7) is 7.62. The van der Waals surface area contributed by atoms with Gasteiger partial charge in [0.05, 0.1) is 23.9 Å². The maximum atomic E-state index is 12.1. The van der Waals surface area contributed by atoms with Crippen molar-refractivity contribution in [3.05, 3.63) is 40.2 Å². The second-order valence-electron chi connectivity index (χ2n) is 5.11. The molecular formula is C15H18ClN3O3. The van der Waals surface area contributed by atoms with Crippen molar-refractivity contribution in [1.29, 1.82) is 0 Å². The Kier molecular flexibility index (Phi) is 5.03. The SMILES string of the molecule is Cc1nc(CNC(=O)c2cnc(OC(C)C)c(Cl)c2)oc1C. The minimum Gasteiger partial charge on any atom is -0.474 e. The zero-order valence-corrected chi connectivity index (χ0v) is 13.7. The van der Waals surface area contributed by atoms with E-state index in [-0.39, 0.29) is 18.6 Å². The van der Waals surface area contributed by atoms with Crippen molar-refractivity contribution in [2.75, 3.05) is 0 Å². The third-order valence-electron chi connectivity index (χ3n) is 2.89. The standard InChI is InChI=1S/C15H18ClN3O3/c1-8(2)21-15-12(16)5-11(6-18-15)14(20)17-7-13-19-9(3)10(4)22-13/h5-6,8H,7H2,1-4H3,(H,17,20). The molecule has 22 heavy (non-hydrogen) atoms. The fraction of sp³-hybridized carbons (Fsp3) is 0.400. The van der Waals surface area contributed by atoms with E-state index < -0.39 is 0 Å². The van der Waals surface area contributed by atoms with Crippen molar-refractivity contribution in [3.63, 3.8) is 0 Å². The van der Waals surface area contributed by atoms with E-state index in [2.05, 4.69) is 15.3 Å². The lowest BCUT2D eigenvalue weighted by atomic mass is 10.2. The molecule has 0 aliphatic heterocycles. The first-order valence-corrected chi connectivity index (χ1v) is 7.28. The maximum Gasteiger partial charge on any atom is 0.253 e. The number of carbonyl (C=O) groups is 1. The quantitative estimate of drug-likeness (QED) is 0.915. The van der Waals surface area contributed by atoms with E-state index >= 15 is 0 Å². The van der Waals surface area contributed by atoms with Crippen molar-refractivity contribution < 1.29 is 13.9 Å². The van der Waals surface area contributed by atoms with Gasteiger partial charge in [-0.2, -0.15) is 0 Å². The number of aryl methyl sites for hydroxylation is 2. The van der Waals surface area contributed by atoms with E-state index in [1.165, 1.54) is 12.3 Å². The van der Waals surface area contributed by atoms with Crippen LogP contribution < -0.4 is 10.1 Å². The number of hydrogen-bond acceptors (Lipinski definition) is 5. The lowest BCUT2D eigenvalue weighted by Gasteiger charge is -2.10. The molecule has 6 nitrogen and oxygen atoms in total. The highest BCUT2D eigenvalue weighted by molar-refractivity contribution is 6.32. The number of hydrogen-bond donors (Lipinski definition) is 1. The van der Waals surface area contributed by atoms with Gasteiger partial charge in [-0.25, -0.2) is 9.97 Å². The number of nitrogens with zero attached hydrogens (tertiary/aromatic N) is 2. The van der Waals surface area contributed by atoms with Crippen molar-refractivity contribution in [1.82, 2.24) is 15.3 Å². The number of rotatable bonds is 5. The van der Waals surface area contributed by atoms with Crippen LogP contribution >= 0.6 is 11.6 Å². The summed E-state index contributed by atoms with van der Waals surface area (Å²) in [5.41, 5.74) is 1.16. The van der Waals surface area contributed by atoms with E-state index in [1.54, 1.807) is 0 Å². The number of nitrogens with one attached hydrogen (secondary N) is 1. The van der Waals surface area contributed by atoms with Gasteiger partial charge in [0.15, 0.2) is 0 Å². The maximum absolute atomic E-state index is 12.1. The molecule has 0 aliphatic rings. The van der Waals surface area contributed by atoms with Crippen LogP contribution in [0.3, 0.4) is 0 Å². The molecule has 0 bridgehead atoms. The van der Waals surface area contributed by atoms with E-state index in [9.17, 15) is 4.79 Å². The van der Waals surface area contributed by atoms with E-state index in [0.717, 1.165) is 11.5 Å². The molecule has 0 aromatic carbocycles. The molecule has 2 aromatic heterocycles. The first-order chi connectivity index (χ1) is 10.4. The topological polar surface area (TPSA) is 77.2 Å². The Labute approximate surface area is 133 Å². The summed E-state index contributed by atoms with van der Waals surface area (Å²) in [7, 11) is 0. The van der Waals surface area contributed by atoms with Gasteiger partial charge in [-0.1, -0.05) is 11.6 Å². The Balaban J connectivity index is 2.02. The molecule has 7 heteroatoms. The number of oxazole rings is 1. The summed E-state index contributed by atoms with van der Waals surface area (Å²) in [5, 5.41) is 3.00. The van der Waals surface area contributed by atoms with E-state index in [0.29, 0.717) is 22.4 Å². The molecule has 2 aromatic rings. The second-order valence-corrected chi connectivity index (χ2v) is 5.52. The second kappa shape index (κ2) is 6.79. The molecule has 0 saturated carbocycles. The Morgan fingerprint density at radius 3 is 2.73 bits per heavy atom. The minimum absolute atomic E-state index is 0.0406. The van der Waals surface area contributed by atoms with Crippen molar-refractivity contribution in [3.8, 4) is 5.88 Å². The van der Waals surface area contributed by atoms with Crippen LogP contribution in [0.25, 0.3) is 0 Å². The summed E-state index contributed by atoms with van der Waals surface area (Å²) < 4.78 is 10.8. The van der Waals surface area contributed by atoms with Gasteiger partial charge in [-0.05, 0) is 33.8 Å². The Morgan fingerprint density at radius 2 is 2.18 bits per heavy atom. The van der Waals surface area contributed by atoms with E-state index in [4.69, 9.17) is 20.8 Å². The molecule has 0 atom stereocenters. The Morgan fingerprint density at radius 1 is 1.45 bits per heavy atom.